The lowest BCUT2D eigenvalue weighted by atomic mass is 10.3. The average Bonchev–Trinajstić information content (AvgIpc) is 2.01. The van der Waals surface area contributed by atoms with Crippen molar-refractivity contribution in [2.45, 2.75) is 19.7 Å². The Morgan fingerprint density at radius 2 is 2.00 bits per heavy atom. The van der Waals surface area contributed by atoms with Gasteiger partial charge in [0, 0.05) is 5.69 Å². The van der Waals surface area contributed by atoms with Crippen molar-refractivity contribution in [3.8, 4) is 0 Å². The van der Waals surface area contributed by atoms with Gasteiger partial charge in [-0.2, -0.15) is 13.2 Å². The van der Waals surface area contributed by atoms with Gasteiger partial charge in [0.25, 0.3) is 0 Å². The second-order valence-corrected chi connectivity index (χ2v) is 2.47. The molecule has 0 spiro atoms. The summed E-state index contributed by atoms with van der Waals surface area (Å²) in [6.45, 7) is 0.820. The molecule has 3 nitrogen and oxygen atoms in total. The van der Waals surface area contributed by atoms with Gasteiger partial charge in [-0.05, 0) is 13.0 Å². The third kappa shape index (κ3) is 2.38. The van der Waals surface area contributed by atoms with Crippen LogP contribution in [0, 0.1) is 6.92 Å². The van der Waals surface area contributed by atoms with E-state index in [0.29, 0.717) is 0 Å². The molecule has 0 saturated heterocycles. The lowest BCUT2D eigenvalue weighted by Gasteiger charge is -2.07. The zero-order chi connectivity index (χ0) is 10.1. The average molecular weight is 192 g/mol. The summed E-state index contributed by atoms with van der Waals surface area (Å²) in [5, 5.41) is 8.56. The number of aliphatic hydroxyl groups is 1. The van der Waals surface area contributed by atoms with Gasteiger partial charge in [-0.25, -0.2) is 9.97 Å². The topological polar surface area (TPSA) is 46.0 Å². The molecule has 0 bridgehead atoms. The predicted molar refractivity (Wildman–Crippen MR) is 37.7 cm³/mol. The summed E-state index contributed by atoms with van der Waals surface area (Å²) in [7, 11) is 0. The number of halogens is 3. The van der Waals surface area contributed by atoms with E-state index < -0.39 is 18.5 Å². The van der Waals surface area contributed by atoms with Gasteiger partial charge in [-0.3, -0.25) is 0 Å². The maximum atomic E-state index is 12.1. The van der Waals surface area contributed by atoms with Crippen LogP contribution < -0.4 is 0 Å². The van der Waals surface area contributed by atoms with Crippen molar-refractivity contribution in [3.05, 3.63) is 23.3 Å². The molecule has 1 N–H and O–H groups in total. The van der Waals surface area contributed by atoms with Gasteiger partial charge >= 0.3 is 6.18 Å². The van der Waals surface area contributed by atoms with Crippen molar-refractivity contribution < 1.29 is 18.3 Å². The molecule has 0 radical (unpaired) electrons. The Morgan fingerprint density at radius 3 is 2.46 bits per heavy atom. The summed E-state index contributed by atoms with van der Waals surface area (Å²) in [5.74, 6) is -0.215. The highest BCUT2D eigenvalue weighted by Gasteiger charge is 2.33. The molecule has 0 atom stereocenters. The fourth-order valence-corrected chi connectivity index (χ4v) is 0.846. The molecule has 1 aromatic heterocycles. The zero-order valence-corrected chi connectivity index (χ0v) is 6.76. The number of aryl methyl sites for hydroxylation is 1. The first kappa shape index (κ1) is 9.91. The van der Waals surface area contributed by atoms with Gasteiger partial charge in [0.1, 0.15) is 12.3 Å². The Kier molecular flexibility index (Phi) is 2.51. The molecule has 0 aliphatic carbocycles. The summed E-state index contributed by atoms with van der Waals surface area (Å²) in [4.78, 5) is 6.74. The molecule has 0 aliphatic rings. The Balaban J connectivity index is 3.16. The van der Waals surface area contributed by atoms with Crippen LogP contribution in [0.15, 0.2) is 6.07 Å². The second-order valence-electron chi connectivity index (χ2n) is 2.47. The maximum Gasteiger partial charge on any atom is 0.433 e. The summed E-state index contributed by atoms with van der Waals surface area (Å²) in [6.07, 6.45) is -4.49. The molecule has 0 aromatic carbocycles. The van der Waals surface area contributed by atoms with E-state index in [1.54, 1.807) is 0 Å². The van der Waals surface area contributed by atoms with Gasteiger partial charge in [-0.1, -0.05) is 0 Å². The largest absolute Gasteiger partial charge is 0.433 e. The van der Waals surface area contributed by atoms with E-state index in [1.807, 2.05) is 0 Å². The number of nitrogens with zero attached hydrogens (tertiary/aromatic N) is 2. The molecule has 1 aromatic rings. The van der Waals surface area contributed by atoms with Crippen molar-refractivity contribution >= 4 is 0 Å². The van der Waals surface area contributed by atoms with E-state index in [4.69, 9.17) is 5.11 Å². The van der Waals surface area contributed by atoms with Crippen molar-refractivity contribution in [1.29, 1.82) is 0 Å². The summed E-state index contributed by atoms with van der Waals surface area (Å²) in [6, 6.07) is 0.832. The van der Waals surface area contributed by atoms with E-state index in [1.165, 1.54) is 6.92 Å². The minimum atomic E-state index is -4.49. The number of alkyl halides is 3. The van der Waals surface area contributed by atoms with E-state index in [-0.39, 0.29) is 11.5 Å². The predicted octanol–water partition coefficient (Wildman–Crippen LogP) is 1.30. The molecule has 72 valence electrons. The van der Waals surface area contributed by atoms with Crippen LogP contribution in [-0.4, -0.2) is 15.1 Å². The minimum absolute atomic E-state index is 0.186. The number of hydrogen-bond donors (Lipinski definition) is 1. The van der Waals surface area contributed by atoms with Gasteiger partial charge in [0.2, 0.25) is 0 Å². The number of aromatic nitrogens is 2. The highest BCUT2D eigenvalue weighted by Crippen LogP contribution is 2.27. The van der Waals surface area contributed by atoms with Crippen LogP contribution in [0.25, 0.3) is 0 Å². The smallest absolute Gasteiger partial charge is 0.388 e. The molecule has 1 rings (SSSR count). The van der Waals surface area contributed by atoms with Crippen LogP contribution >= 0.6 is 0 Å². The first-order chi connectivity index (χ1) is 5.93. The lowest BCUT2D eigenvalue weighted by molar-refractivity contribution is -0.141. The molecule has 13 heavy (non-hydrogen) atoms. The van der Waals surface area contributed by atoms with Gasteiger partial charge in [-0.15, -0.1) is 0 Å². The summed E-state index contributed by atoms with van der Waals surface area (Å²) in [5.41, 5.74) is -0.838. The molecule has 0 unspecified atom stereocenters. The van der Waals surface area contributed by atoms with Crippen molar-refractivity contribution in [2.24, 2.45) is 0 Å². The second kappa shape index (κ2) is 3.29. The molecule has 0 fully saturated rings. The Hall–Kier alpha value is -1.17. The number of aliphatic hydroxyl groups excluding tert-OH is 1. The van der Waals surface area contributed by atoms with Crippen molar-refractivity contribution in [2.75, 3.05) is 0 Å². The Bertz CT molecular complexity index is 311. The standard InChI is InChI=1S/C7H7F3N2O/c1-4-2-5(7(8,9)10)12-6(3-13)11-4/h2,13H,3H2,1H3. The van der Waals surface area contributed by atoms with Gasteiger partial charge in [0.05, 0.1) is 0 Å². The van der Waals surface area contributed by atoms with Gasteiger partial charge in [0.15, 0.2) is 5.82 Å². The monoisotopic (exact) mass is 192 g/mol. The molecule has 1 heterocycles. The number of hydrogen-bond acceptors (Lipinski definition) is 3. The number of rotatable bonds is 1. The van der Waals surface area contributed by atoms with Gasteiger partial charge < -0.3 is 5.11 Å². The SMILES string of the molecule is Cc1cc(C(F)(F)F)nc(CO)n1. The fourth-order valence-electron chi connectivity index (χ4n) is 0.846. The van der Waals surface area contributed by atoms with Crippen molar-refractivity contribution in [1.82, 2.24) is 9.97 Å². The molecular formula is C7H7F3N2O. The summed E-state index contributed by atoms with van der Waals surface area (Å²) >= 11 is 0. The van der Waals surface area contributed by atoms with Crippen LogP contribution in [-0.2, 0) is 12.8 Å². The molecule has 6 heteroatoms. The van der Waals surface area contributed by atoms with E-state index in [0.717, 1.165) is 6.07 Å². The van der Waals surface area contributed by atoms with Crippen LogP contribution in [0.4, 0.5) is 13.2 Å². The summed E-state index contributed by atoms with van der Waals surface area (Å²) < 4.78 is 36.3. The van der Waals surface area contributed by atoms with E-state index >= 15 is 0 Å². The van der Waals surface area contributed by atoms with E-state index in [9.17, 15) is 13.2 Å². The van der Waals surface area contributed by atoms with Crippen LogP contribution in [0.3, 0.4) is 0 Å². The van der Waals surface area contributed by atoms with Crippen molar-refractivity contribution in [3.63, 3.8) is 0 Å². The van der Waals surface area contributed by atoms with Crippen LogP contribution in [0.1, 0.15) is 17.2 Å². The van der Waals surface area contributed by atoms with Crippen LogP contribution in [0.2, 0.25) is 0 Å². The third-order valence-corrected chi connectivity index (χ3v) is 1.33. The molecule has 0 amide bonds. The van der Waals surface area contributed by atoms with Crippen LogP contribution in [0.5, 0.6) is 0 Å². The maximum absolute atomic E-state index is 12.1. The quantitative estimate of drug-likeness (QED) is 0.729. The zero-order valence-electron chi connectivity index (χ0n) is 6.76. The molecule has 0 saturated carbocycles. The third-order valence-electron chi connectivity index (χ3n) is 1.33. The van der Waals surface area contributed by atoms with E-state index in [2.05, 4.69) is 9.97 Å². The first-order valence-corrected chi connectivity index (χ1v) is 3.46. The highest BCUT2D eigenvalue weighted by atomic mass is 19.4. The highest BCUT2D eigenvalue weighted by molar-refractivity contribution is 5.12. The first-order valence-electron chi connectivity index (χ1n) is 3.46. The Labute approximate surface area is 72.3 Å². The fraction of sp³-hybridized carbons (Fsp3) is 0.429. The normalized spacial score (nSPS) is 11.8. The Morgan fingerprint density at radius 1 is 1.38 bits per heavy atom. The molecular weight excluding hydrogens is 185 g/mol. The lowest BCUT2D eigenvalue weighted by Crippen LogP contribution is -2.11. The molecule has 0 aliphatic heterocycles. The minimum Gasteiger partial charge on any atom is -0.388 e.